The van der Waals surface area contributed by atoms with Crippen molar-refractivity contribution in [2.24, 2.45) is 0 Å². The highest BCUT2D eigenvalue weighted by molar-refractivity contribution is 6.46. The number of halogens is 3. The zero-order valence-electron chi connectivity index (χ0n) is 17.6. The van der Waals surface area contributed by atoms with Crippen LogP contribution in [0.1, 0.15) is 69.4 Å². The van der Waals surface area contributed by atoms with Crippen LogP contribution in [0.4, 0.5) is 0 Å². The van der Waals surface area contributed by atoms with Gasteiger partial charge in [0.15, 0.2) is 5.75 Å². The fourth-order valence-electron chi connectivity index (χ4n) is 3.21. The van der Waals surface area contributed by atoms with E-state index in [0.29, 0.717) is 5.75 Å². The van der Waals surface area contributed by atoms with E-state index in [1.165, 1.54) is 5.56 Å². The molecule has 2 aromatic carbocycles. The minimum atomic E-state index is -0.226. The van der Waals surface area contributed by atoms with Gasteiger partial charge in [0, 0.05) is 5.56 Å². The van der Waals surface area contributed by atoms with Crippen molar-refractivity contribution in [1.29, 1.82) is 10.5 Å². The van der Waals surface area contributed by atoms with Crippen LogP contribution in [-0.4, -0.2) is 0 Å². The van der Waals surface area contributed by atoms with Gasteiger partial charge in [-0.05, 0) is 34.9 Å². The first-order chi connectivity index (χ1) is 13.2. The van der Waals surface area contributed by atoms with E-state index in [0.717, 1.165) is 11.1 Å². The average Bonchev–Trinajstić information content (AvgIpc) is 2.59. The Morgan fingerprint density at radius 1 is 0.759 bits per heavy atom. The summed E-state index contributed by atoms with van der Waals surface area (Å²) in [6, 6.07) is 7.89. The van der Waals surface area contributed by atoms with Gasteiger partial charge in [-0.1, -0.05) is 82.4 Å². The third-order valence-corrected chi connectivity index (χ3v) is 5.85. The monoisotopic (exact) mass is 448 g/mol. The van der Waals surface area contributed by atoms with Crippen LogP contribution in [0.15, 0.2) is 12.1 Å². The molecule has 0 spiro atoms. The molecule has 29 heavy (non-hydrogen) atoms. The molecule has 3 nitrogen and oxygen atoms in total. The van der Waals surface area contributed by atoms with Gasteiger partial charge in [0.1, 0.15) is 27.9 Å². The number of nitriles is 2. The topological polar surface area (TPSA) is 56.8 Å². The summed E-state index contributed by atoms with van der Waals surface area (Å²) in [5, 5.41) is 18.7. The zero-order valence-corrected chi connectivity index (χ0v) is 19.9. The molecule has 0 radical (unpaired) electrons. The zero-order chi connectivity index (χ0) is 22.3. The van der Waals surface area contributed by atoms with Crippen LogP contribution in [0.2, 0.25) is 15.1 Å². The standard InChI is InChI=1S/C23H23Cl3N2O/c1-12-8-17(16(23(5,6)7)9-15(12)22(2,3)4)29-21-19(25)14(11-28)13(10-27)18(24)20(21)26/h8-9H,1-7H3. The molecule has 6 heteroatoms. The van der Waals surface area contributed by atoms with E-state index in [2.05, 4.69) is 47.6 Å². The number of hydrogen-bond acceptors (Lipinski definition) is 3. The Bertz CT molecular complexity index is 1060. The first-order valence-corrected chi connectivity index (χ1v) is 10.2. The van der Waals surface area contributed by atoms with Crippen molar-refractivity contribution in [2.75, 3.05) is 0 Å². The van der Waals surface area contributed by atoms with Gasteiger partial charge in [0.05, 0.1) is 16.1 Å². The van der Waals surface area contributed by atoms with Gasteiger partial charge in [-0.25, -0.2) is 0 Å². The van der Waals surface area contributed by atoms with Crippen LogP contribution in [0.25, 0.3) is 0 Å². The Kier molecular flexibility index (Phi) is 6.51. The van der Waals surface area contributed by atoms with E-state index in [1.807, 2.05) is 25.1 Å². The van der Waals surface area contributed by atoms with Crippen molar-refractivity contribution < 1.29 is 4.74 Å². The lowest BCUT2D eigenvalue weighted by molar-refractivity contribution is 0.452. The van der Waals surface area contributed by atoms with Crippen LogP contribution in [0.5, 0.6) is 11.5 Å². The van der Waals surface area contributed by atoms with Crippen molar-refractivity contribution in [3.8, 4) is 23.6 Å². The summed E-state index contributed by atoms with van der Waals surface area (Å²) in [6.45, 7) is 14.8. The first-order valence-electron chi connectivity index (χ1n) is 9.08. The van der Waals surface area contributed by atoms with Crippen molar-refractivity contribution in [1.82, 2.24) is 0 Å². The number of aryl methyl sites for hydroxylation is 1. The van der Waals surface area contributed by atoms with E-state index in [1.54, 1.807) is 0 Å². The molecule has 0 N–H and O–H groups in total. The van der Waals surface area contributed by atoms with Gasteiger partial charge >= 0.3 is 0 Å². The Morgan fingerprint density at radius 2 is 1.24 bits per heavy atom. The fraction of sp³-hybridized carbons (Fsp3) is 0.391. The molecule has 0 fully saturated rings. The van der Waals surface area contributed by atoms with E-state index < -0.39 is 0 Å². The van der Waals surface area contributed by atoms with Crippen LogP contribution in [-0.2, 0) is 10.8 Å². The molecule has 0 saturated heterocycles. The maximum absolute atomic E-state index is 9.45. The Balaban J connectivity index is 2.80. The summed E-state index contributed by atoms with van der Waals surface area (Å²) >= 11 is 19.0. The van der Waals surface area contributed by atoms with E-state index >= 15 is 0 Å². The highest BCUT2D eigenvalue weighted by atomic mass is 35.5. The lowest BCUT2D eigenvalue weighted by Gasteiger charge is -2.29. The normalized spacial score (nSPS) is 11.7. The summed E-state index contributed by atoms with van der Waals surface area (Å²) in [4.78, 5) is 0. The number of nitrogens with zero attached hydrogens (tertiary/aromatic N) is 2. The molecule has 0 aromatic heterocycles. The smallest absolute Gasteiger partial charge is 0.167 e. The lowest BCUT2D eigenvalue weighted by Crippen LogP contribution is -2.18. The first kappa shape index (κ1) is 23.4. The van der Waals surface area contributed by atoms with E-state index in [-0.39, 0.29) is 42.8 Å². The molecule has 2 aromatic rings. The largest absolute Gasteiger partial charge is 0.454 e. The SMILES string of the molecule is Cc1cc(Oc2c(Cl)c(Cl)c(C#N)c(C#N)c2Cl)c(C(C)(C)C)cc1C(C)(C)C. The van der Waals surface area contributed by atoms with Gasteiger partial charge in [-0.15, -0.1) is 0 Å². The van der Waals surface area contributed by atoms with Crippen LogP contribution < -0.4 is 4.74 Å². The summed E-state index contributed by atoms with van der Waals surface area (Å²) in [7, 11) is 0. The quantitative estimate of drug-likeness (QED) is 0.435. The second-order valence-corrected chi connectivity index (χ2v) is 10.1. The Hall–Kier alpha value is -1.91. The number of benzene rings is 2. The molecule has 0 saturated carbocycles. The fourth-order valence-corrected chi connectivity index (χ4v) is 3.98. The van der Waals surface area contributed by atoms with Crippen molar-refractivity contribution in [2.45, 2.75) is 59.3 Å². The number of rotatable bonds is 2. The van der Waals surface area contributed by atoms with E-state index in [4.69, 9.17) is 39.5 Å². The van der Waals surface area contributed by atoms with Gasteiger partial charge in [-0.3, -0.25) is 0 Å². The summed E-state index contributed by atoms with van der Waals surface area (Å²) in [6.07, 6.45) is 0. The highest BCUT2D eigenvalue weighted by Gasteiger charge is 2.28. The van der Waals surface area contributed by atoms with Crippen molar-refractivity contribution in [3.63, 3.8) is 0 Å². The van der Waals surface area contributed by atoms with Crippen LogP contribution in [0.3, 0.4) is 0 Å². The van der Waals surface area contributed by atoms with Crippen molar-refractivity contribution >= 4 is 34.8 Å². The Morgan fingerprint density at radius 3 is 1.69 bits per heavy atom. The molecule has 0 bridgehead atoms. The Labute approximate surface area is 187 Å². The molecule has 152 valence electrons. The molecule has 0 aliphatic heterocycles. The molecule has 0 aliphatic rings. The summed E-state index contributed by atoms with van der Waals surface area (Å²) in [5.41, 5.74) is 2.86. The number of ether oxygens (including phenoxy) is 1. The van der Waals surface area contributed by atoms with Crippen molar-refractivity contribution in [3.05, 3.63) is 55.0 Å². The van der Waals surface area contributed by atoms with Gasteiger partial charge in [0.2, 0.25) is 0 Å². The summed E-state index contributed by atoms with van der Waals surface area (Å²) < 4.78 is 6.16. The molecular formula is C23H23Cl3N2O. The third kappa shape index (κ3) is 4.49. The summed E-state index contributed by atoms with van der Waals surface area (Å²) in [5.74, 6) is 0.652. The maximum Gasteiger partial charge on any atom is 0.167 e. The third-order valence-electron chi connectivity index (χ3n) is 4.66. The minimum absolute atomic E-state index is 0.00428. The minimum Gasteiger partial charge on any atom is -0.454 e. The average molecular weight is 450 g/mol. The van der Waals surface area contributed by atoms with Gasteiger partial charge in [-0.2, -0.15) is 10.5 Å². The second kappa shape index (κ2) is 8.08. The van der Waals surface area contributed by atoms with Crippen LogP contribution in [0, 0.1) is 29.6 Å². The number of hydrogen-bond donors (Lipinski definition) is 0. The molecule has 0 unspecified atom stereocenters. The maximum atomic E-state index is 9.45. The molecule has 0 atom stereocenters. The van der Waals surface area contributed by atoms with E-state index in [9.17, 15) is 10.5 Å². The van der Waals surface area contributed by atoms with Gasteiger partial charge < -0.3 is 4.74 Å². The van der Waals surface area contributed by atoms with Crippen LogP contribution >= 0.6 is 34.8 Å². The molecular weight excluding hydrogens is 427 g/mol. The highest BCUT2D eigenvalue weighted by Crippen LogP contribution is 2.47. The second-order valence-electron chi connectivity index (χ2n) is 9.01. The molecule has 0 amide bonds. The predicted molar refractivity (Wildman–Crippen MR) is 120 cm³/mol. The molecule has 0 aliphatic carbocycles. The molecule has 0 heterocycles. The lowest BCUT2D eigenvalue weighted by atomic mass is 9.78. The predicted octanol–water partition coefficient (Wildman–Crippen LogP) is 8.09. The molecule has 2 rings (SSSR count). The van der Waals surface area contributed by atoms with Gasteiger partial charge in [0.25, 0.3) is 0 Å².